The standard InChI is InChI=1S/C13H15F4NO/c14-10-5-8(4-9(6-10)13(15,16)17)11(18)12(19)7-2-1-3-7/h4-7,11-12,19H,1-3,18H2/t11-,12+/m1/s1. The lowest BCUT2D eigenvalue weighted by atomic mass is 9.77. The van der Waals surface area contributed by atoms with Crippen molar-refractivity contribution in [3.8, 4) is 0 Å². The van der Waals surface area contributed by atoms with Crippen molar-refractivity contribution in [2.75, 3.05) is 0 Å². The lowest BCUT2D eigenvalue weighted by molar-refractivity contribution is -0.137. The zero-order valence-electron chi connectivity index (χ0n) is 10.1. The first-order valence-corrected chi connectivity index (χ1v) is 6.10. The topological polar surface area (TPSA) is 46.2 Å². The monoisotopic (exact) mass is 277 g/mol. The Morgan fingerprint density at radius 2 is 1.84 bits per heavy atom. The Morgan fingerprint density at radius 1 is 1.21 bits per heavy atom. The van der Waals surface area contributed by atoms with E-state index in [0.717, 1.165) is 31.4 Å². The van der Waals surface area contributed by atoms with Crippen molar-refractivity contribution in [1.82, 2.24) is 0 Å². The molecule has 19 heavy (non-hydrogen) atoms. The highest BCUT2D eigenvalue weighted by atomic mass is 19.4. The summed E-state index contributed by atoms with van der Waals surface area (Å²) in [7, 11) is 0. The van der Waals surface area contributed by atoms with Crippen molar-refractivity contribution >= 4 is 0 Å². The summed E-state index contributed by atoms with van der Waals surface area (Å²) >= 11 is 0. The molecule has 2 nitrogen and oxygen atoms in total. The van der Waals surface area contributed by atoms with Crippen LogP contribution in [0.1, 0.15) is 36.4 Å². The highest BCUT2D eigenvalue weighted by Crippen LogP contribution is 2.36. The van der Waals surface area contributed by atoms with Crippen LogP contribution in [0.3, 0.4) is 0 Å². The zero-order valence-corrected chi connectivity index (χ0v) is 10.1. The van der Waals surface area contributed by atoms with Gasteiger partial charge in [0.2, 0.25) is 0 Å². The maximum Gasteiger partial charge on any atom is 0.416 e. The first kappa shape index (κ1) is 14.3. The summed E-state index contributed by atoms with van der Waals surface area (Å²) in [6, 6.07) is 1.17. The number of hydrogen-bond acceptors (Lipinski definition) is 2. The molecule has 0 saturated heterocycles. The summed E-state index contributed by atoms with van der Waals surface area (Å²) in [5.74, 6) is -1.01. The Hall–Kier alpha value is -1.14. The molecule has 1 aromatic rings. The molecule has 0 radical (unpaired) electrons. The Kier molecular flexibility index (Phi) is 3.82. The molecule has 1 aliphatic rings. The van der Waals surface area contributed by atoms with E-state index in [1.807, 2.05) is 0 Å². The minimum atomic E-state index is -4.63. The molecule has 2 rings (SSSR count). The van der Waals surface area contributed by atoms with Crippen molar-refractivity contribution < 1.29 is 22.7 Å². The first-order valence-electron chi connectivity index (χ1n) is 6.10. The smallest absolute Gasteiger partial charge is 0.391 e. The summed E-state index contributed by atoms with van der Waals surface area (Å²) in [6.07, 6.45) is -2.98. The van der Waals surface area contributed by atoms with Crippen molar-refractivity contribution in [3.63, 3.8) is 0 Å². The van der Waals surface area contributed by atoms with Gasteiger partial charge in [-0.2, -0.15) is 13.2 Å². The fourth-order valence-electron chi connectivity index (χ4n) is 2.24. The van der Waals surface area contributed by atoms with E-state index >= 15 is 0 Å². The molecule has 0 aromatic heterocycles. The van der Waals surface area contributed by atoms with Crippen molar-refractivity contribution in [3.05, 3.63) is 35.1 Å². The highest BCUT2D eigenvalue weighted by Gasteiger charge is 2.34. The molecule has 0 unspecified atom stereocenters. The number of alkyl halides is 3. The van der Waals surface area contributed by atoms with Crippen LogP contribution in [0.5, 0.6) is 0 Å². The van der Waals surface area contributed by atoms with E-state index in [4.69, 9.17) is 5.73 Å². The normalized spacial score (nSPS) is 19.9. The zero-order chi connectivity index (χ0) is 14.2. The van der Waals surface area contributed by atoms with E-state index < -0.39 is 29.7 Å². The van der Waals surface area contributed by atoms with Crippen LogP contribution in [0, 0.1) is 11.7 Å². The molecule has 106 valence electrons. The molecule has 0 amide bonds. The van der Waals surface area contributed by atoms with E-state index in [0.29, 0.717) is 6.07 Å². The number of benzene rings is 1. The first-order chi connectivity index (χ1) is 8.79. The molecule has 0 aliphatic heterocycles. The molecule has 2 atom stereocenters. The predicted molar refractivity (Wildman–Crippen MR) is 61.7 cm³/mol. The second-order valence-corrected chi connectivity index (χ2v) is 4.98. The molecule has 1 fully saturated rings. The number of aliphatic hydroxyl groups excluding tert-OH is 1. The van der Waals surface area contributed by atoms with Crippen LogP contribution in [-0.4, -0.2) is 11.2 Å². The molecular weight excluding hydrogens is 262 g/mol. The molecule has 0 spiro atoms. The highest BCUT2D eigenvalue weighted by molar-refractivity contribution is 5.29. The van der Waals surface area contributed by atoms with E-state index in [1.54, 1.807) is 0 Å². The molecule has 1 saturated carbocycles. The second-order valence-electron chi connectivity index (χ2n) is 4.98. The Labute approximate surface area is 108 Å². The number of aliphatic hydroxyl groups is 1. The van der Waals surface area contributed by atoms with Gasteiger partial charge >= 0.3 is 6.18 Å². The van der Waals surface area contributed by atoms with Crippen molar-refractivity contribution in [1.29, 1.82) is 0 Å². The van der Waals surface area contributed by atoms with Crippen LogP contribution < -0.4 is 5.73 Å². The van der Waals surface area contributed by atoms with Gasteiger partial charge in [0.1, 0.15) is 5.82 Å². The van der Waals surface area contributed by atoms with Crippen molar-refractivity contribution in [2.24, 2.45) is 11.7 Å². The van der Waals surface area contributed by atoms with Gasteiger partial charge in [-0.1, -0.05) is 6.42 Å². The third-order valence-corrected chi connectivity index (χ3v) is 3.63. The van der Waals surface area contributed by atoms with E-state index in [-0.39, 0.29) is 11.5 Å². The van der Waals surface area contributed by atoms with Crippen LogP contribution in [0.25, 0.3) is 0 Å². The molecule has 3 N–H and O–H groups in total. The SMILES string of the molecule is N[C@H](c1cc(F)cc(C(F)(F)F)c1)[C@@H](O)C1CCC1. The van der Waals surface area contributed by atoms with Crippen LogP contribution >= 0.6 is 0 Å². The summed E-state index contributed by atoms with van der Waals surface area (Å²) < 4.78 is 51.0. The van der Waals surface area contributed by atoms with Crippen molar-refractivity contribution in [2.45, 2.75) is 37.6 Å². The van der Waals surface area contributed by atoms with Gasteiger partial charge < -0.3 is 10.8 Å². The molecule has 1 aromatic carbocycles. The van der Waals surface area contributed by atoms with Gasteiger partial charge in [-0.05, 0) is 42.5 Å². The van der Waals surface area contributed by atoms with Crippen LogP contribution in [0.2, 0.25) is 0 Å². The average molecular weight is 277 g/mol. The molecule has 0 bridgehead atoms. The summed E-state index contributed by atoms with van der Waals surface area (Å²) in [5.41, 5.74) is 4.64. The lowest BCUT2D eigenvalue weighted by Gasteiger charge is -2.34. The fraction of sp³-hybridized carbons (Fsp3) is 0.538. The summed E-state index contributed by atoms with van der Waals surface area (Å²) in [5, 5.41) is 9.95. The largest absolute Gasteiger partial charge is 0.416 e. The average Bonchev–Trinajstić information content (AvgIpc) is 2.23. The minimum Gasteiger partial charge on any atom is -0.391 e. The Balaban J connectivity index is 2.25. The number of nitrogens with two attached hydrogens (primary N) is 1. The molecule has 1 aliphatic carbocycles. The Bertz CT molecular complexity index is 456. The van der Waals surface area contributed by atoms with Gasteiger partial charge in [0.05, 0.1) is 17.7 Å². The van der Waals surface area contributed by atoms with E-state index in [2.05, 4.69) is 0 Å². The van der Waals surface area contributed by atoms with Gasteiger partial charge in [-0.25, -0.2) is 4.39 Å². The predicted octanol–water partition coefficient (Wildman–Crippen LogP) is 3.01. The summed E-state index contributed by atoms with van der Waals surface area (Å²) in [4.78, 5) is 0. The maximum absolute atomic E-state index is 13.2. The number of rotatable bonds is 3. The number of hydrogen-bond donors (Lipinski definition) is 2. The lowest BCUT2D eigenvalue weighted by Crippen LogP contribution is -2.36. The molecular formula is C13H15F4NO. The van der Waals surface area contributed by atoms with Crippen LogP contribution in [-0.2, 0) is 6.18 Å². The van der Waals surface area contributed by atoms with E-state index in [9.17, 15) is 22.7 Å². The van der Waals surface area contributed by atoms with Gasteiger partial charge in [0.25, 0.3) is 0 Å². The van der Waals surface area contributed by atoms with Crippen LogP contribution in [0.15, 0.2) is 18.2 Å². The summed E-state index contributed by atoms with van der Waals surface area (Å²) in [6.45, 7) is 0. The fourth-order valence-corrected chi connectivity index (χ4v) is 2.24. The number of halogens is 4. The van der Waals surface area contributed by atoms with E-state index in [1.165, 1.54) is 0 Å². The quantitative estimate of drug-likeness (QED) is 0.834. The molecule has 0 heterocycles. The van der Waals surface area contributed by atoms with Gasteiger partial charge in [-0.3, -0.25) is 0 Å². The van der Waals surface area contributed by atoms with Gasteiger partial charge in [-0.15, -0.1) is 0 Å². The maximum atomic E-state index is 13.2. The third kappa shape index (κ3) is 3.06. The third-order valence-electron chi connectivity index (χ3n) is 3.63. The minimum absolute atomic E-state index is 0.00685. The second kappa shape index (κ2) is 5.09. The van der Waals surface area contributed by atoms with Gasteiger partial charge in [0.15, 0.2) is 0 Å². The van der Waals surface area contributed by atoms with Gasteiger partial charge in [0, 0.05) is 0 Å². The molecule has 6 heteroatoms. The Morgan fingerprint density at radius 3 is 2.32 bits per heavy atom. The van der Waals surface area contributed by atoms with Crippen LogP contribution in [0.4, 0.5) is 17.6 Å².